The van der Waals surface area contributed by atoms with Gasteiger partial charge in [-0.3, -0.25) is 19.5 Å². The van der Waals surface area contributed by atoms with Crippen molar-refractivity contribution in [3.8, 4) is 11.4 Å². The average molecular weight is 470 g/mol. The van der Waals surface area contributed by atoms with E-state index in [0.29, 0.717) is 23.2 Å². The van der Waals surface area contributed by atoms with Gasteiger partial charge in [0.05, 0.1) is 34.2 Å². The van der Waals surface area contributed by atoms with E-state index in [4.69, 9.17) is 16.0 Å². The van der Waals surface area contributed by atoms with Gasteiger partial charge in [-0.25, -0.2) is 0 Å². The van der Waals surface area contributed by atoms with Gasteiger partial charge in [0.2, 0.25) is 5.91 Å². The van der Waals surface area contributed by atoms with Gasteiger partial charge in [-0.1, -0.05) is 53.7 Å². The molecule has 4 rings (SSSR count). The number of carbonyl (C=O) groups is 1. The van der Waals surface area contributed by atoms with E-state index >= 15 is 0 Å². The van der Waals surface area contributed by atoms with Crippen molar-refractivity contribution in [3.63, 3.8) is 0 Å². The minimum atomic E-state index is -0.552. The standard InChI is InChI=1S/C21H16ClN5O4S/c22-17-11-15(27(29)30)8-9-18(17)23-19(28)13-32-21-25-24-20(14-5-2-1-3-6-14)26(21)12-16-7-4-10-31-16/h1-11H,12-13H2,(H,23,28). The first-order valence-corrected chi connectivity index (χ1v) is 10.7. The van der Waals surface area contributed by atoms with E-state index in [2.05, 4.69) is 15.5 Å². The molecule has 32 heavy (non-hydrogen) atoms. The lowest BCUT2D eigenvalue weighted by Crippen LogP contribution is -2.15. The highest BCUT2D eigenvalue weighted by Gasteiger charge is 2.18. The number of carbonyl (C=O) groups excluding carboxylic acids is 1. The highest BCUT2D eigenvalue weighted by Crippen LogP contribution is 2.28. The number of nitro benzene ring substituents is 1. The van der Waals surface area contributed by atoms with Crippen molar-refractivity contribution in [1.82, 2.24) is 14.8 Å². The van der Waals surface area contributed by atoms with Gasteiger partial charge >= 0.3 is 0 Å². The van der Waals surface area contributed by atoms with Crippen LogP contribution in [0.1, 0.15) is 5.76 Å². The quantitative estimate of drug-likeness (QED) is 0.222. The molecule has 2 aromatic carbocycles. The lowest BCUT2D eigenvalue weighted by molar-refractivity contribution is -0.384. The van der Waals surface area contributed by atoms with Crippen molar-refractivity contribution in [3.05, 3.63) is 87.8 Å². The van der Waals surface area contributed by atoms with Crippen LogP contribution in [-0.4, -0.2) is 31.3 Å². The van der Waals surface area contributed by atoms with Crippen molar-refractivity contribution >= 4 is 40.6 Å². The van der Waals surface area contributed by atoms with Crippen LogP contribution >= 0.6 is 23.4 Å². The Balaban J connectivity index is 1.50. The first-order chi connectivity index (χ1) is 15.5. The first kappa shape index (κ1) is 21.6. The van der Waals surface area contributed by atoms with Crippen LogP contribution in [0.15, 0.2) is 76.5 Å². The predicted octanol–water partition coefficient (Wildman–Crippen LogP) is 4.88. The van der Waals surface area contributed by atoms with Crippen LogP contribution in [0, 0.1) is 10.1 Å². The molecule has 0 saturated carbocycles. The number of nitrogens with one attached hydrogen (secondary N) is 1. The minimum absolute atomic E-state index is 0.0401. The fraction of sp³-hybridized carbons (Fsp3) is 0.0952. The molecule has 0 aliphatic heterocycles. The average Bonchev–Trinajstić information content (AvgIpc) is 3.44. The number of furan rings is 1. The Morgan fingerprint density at radius 3 is 2.66 bits per heavy atom. The second kappa shape index (κ2) is 9.67. The maximum absolute atomic E-state index is 12.5. The van der Waals surface area contributed by atoms with Crippen LogP contribution in [-0.2, 0) is 11.3 Å². The number of benzene rings is 2. The van der Waals surface area contributed by atoms with E-state index in [-0.39, 0.29) is 22.4 Å². The summed E-state index contributed by atoms with van der Waals surface area (Å²) in [7, 11) is 0. The summed E-state index contributed by atoms with van der Waals surface area (Å²) in [6.07, 6.45) is 1.59. The molecule has 1 amide bonds. The molecule has 1 N–H and O–H groups in total. The normalized spacial score (nSPS) is 10.8. The molecular weight excluding hydrogens is 454 g/mol. The summed E-state index contributed by atoms with van der Waals surface area (Å²) < 4.78 is 7.35. The van der Waals surface area contributed by atoms with Gasteiger partial charge in [0.25, 0.3) is 5.69 Å². The summed E-state index contributed by atoms with van der Waals surface area (Å²) >= 11 is 7.26. The molecule has 0 atom stereocenters. The zero-order valence-corrected chi connectivity index (χ0v) is 18.0. The van der Waals surface area contributed by atoms with Gasteiger partial charge in [0.1, 0.15) is 5.76 Å². The van der Waals surface area contributed by atoms with Crippen molar-refractivity contribution in [2.24, 2.45) is 0 Å². The fourth-order valence-corrected chi connectivity index (χ4v) is 3.89. The molecule has 162 valence electrons. The van der Waals surface area contributed by atoms with E-state index in [9.17, 15) is 14.9 Å². The fourth-order valence-electron chi connectivity index (χ4n) is 2.93. The Bertz CT molecular complexity index is 1240. The molecular formula is C21H16ClN5O4S. The molecule has 0 aliphatic carbocycles. The Kier molecular flexibility index (Phi) is 6.52. The topological polar surface area (TPSA) is 116 Å². The number of nitro groups is 1. The molecule has 0 aliphatic rings. The van der Waals surface area contributed by atoms with Gasteiger partial charge in [-0.2, -0.15) is 0 Å². The summed E-state index contributed by atoms with van der Waals surface area (Å²) in [5.41, 5.74) is 1.03. The molecule has 0 radical (unpaired) electrons. The van der Waals surface area contributed by atoms with E-state index in [1.54, 1.807) is 12.3 Å². The molecule has 4 aromatic rings. The van der Waals surface area contributed by atoms with Crippen LogP contribution in [0.25, 0.3) is 11.4 Å². The minimum Gasteiger partial charge on any atom is -0.467 e. The van der Waals surface area contributed by atoms with Crippen molar-refractivity contribution in [1.29, 1.82) is 0 Å². The van der Waals surface area contributed by atoms with E-state index in [1.165, 1.54) is 30.0 Å². The predicted molar refractivity (Wildman–Crippen MR) is 121 cm³/mol. The highest BCUT2D eigenvalue weighted by molar-refractivity contribution is 7.99. The van der Waals surface area contributed by atoms with Crippen LogP contribution < -0.4 is 5.32 Å². The summed E-state index contributed by atoms with van der Waals surface area (Å²) in [6, 6.07) is 17.1. The second-order valence-electron chi connectivity index (χ2n) is 6.60. The van der Waals surface area contributed by atoms with E-state index in [1.807, 2.05) is 41.0 Å². The molecule has 0 fully saturated rings. The van der Waals surface area contributed by atoms with Crippen molar-refractivity contribution in [2.75, 3.05) is 11.1 Å². The van der Waals surface area contributed by atoms with E-state index in [0.717, 1.165) is 11.3 Å². The van der Waals surface area contributed by atoms with Crippen LogP contribution in [0.3, 0.4) is 0 Å². The molecule has 0 unspecified atom stereocenters. The van der Waals surface area contributed by atoms with E-state index < -0.39 is 4.92 Å². The van der Waals surface area contributed by atoms with Crippen LogP contribution in [0.5, 0.6) is 0 Å². The number of amides is 1. The Hall–Kier alpha value is -3.63. The van der Waals surface area contributed by atoms with Gasteiger partial charge in [-0.05, 0) is 18.2 Å². The monoisotopic (exact) mass is 469 g/mol. The maximum Gasteiger partial charge on any atom is 0.271 e. The van der Waals surface area contributed by atoms with Crippen LogP contribution in [0.2, 0.25) is 5.02 Å². The number of halogens is 1. The number of hydrogen-bond donors (Lipinski definition) is 1. The zero-order valence-electron chi connectivity index (χ0n) is 16.5. The summed E-state index contributed by atoms with van der Waals surface area (Å²) in [6.45, 7) is 0.405. The lowest BCUT2D eigenvalue weighted by atomic mass is 10.2. The SMILES string of the molecule is O=C(CSc1nnc(-c2ccccc2)n1Cc1ccco1)Nc1ccc([N+](=O)[O-])cc1Cl. The smallest absolute Gasteiger partial charge is 0.271 e. The summed E-state index contributed by atoms with van der Waals surface area (Å²) in [5, 5.41) is 22.7. The van der Waals surface area contributed by atoms with Gasteiger partial charge in [0, 0.05) is 17.7 Å². The first-order valence-electron chi connectivity index (χ1n) is 9.39. The number of non-ortho nitro benzene ring substituents is 1. The Labute approximate surface area is 191 Å². The van der Waals surface area contributed by atoms with Gasteiger partial charge < -0.3 is 9.73 Å². The molecule has 0 saturated heterocycles. The van der Waals surface area contributed by atoms with Gasteiger partial charge in [-0.15, -0.1) is 10.2 Å². The number of thioether (sulfide) groups is 1. The lowest BCUT2D eigenvalue weighted by Gasteiger charge is -2.09. The summed E-state index contributed by atoms with van der Waals surface area (Å²) in [5.74, 6) is 1.09. The molecule has 11 heteroatoms. The number of anilines is 1. The Morgan fingerprint density at radius 2 is 1.97 bits per heavy atom. The third-order valence-electron chi connectivity index (χ3n) is 4.41. The number of aromatic nitrogens is 3. The molecule has 0 spiro atoms. The Morgan fingerprint density at radius 1 is 1.16 bits per heavy atom. The third-order valence-corrected chi connectivity index (χ3v) is 5.69. The molecule has 2 aromatic heterocycles. The number of nitrogens with zero attached hydrogens (tertiary/aromatic N) is 4. The van der Waals surface area contributed by atoms with Gasteiger partial charge in [0.15, 0.2) is 11.0 Å². The second-order valence-corrected chi connectivity index (χ2v) is 7.95. The molecule has 0 bridgehead atoms. The summed E-state index contributed by atoms with van der Waals surface area (Å²) in [4.78, 5) is 22.7. The van der Waals surface area contributed by atoms with Crippen molar-refractivity contribution < 1.29 is 14.1 Å². The zero-order chi connectivity index (χ0) is 22.5. The molecule has 9 nitrogen and oxygen atoms in total. The molecule has 2 heterocycles. The number of hydrogen-bond acceptors (Lipinski definition) is 7. The highest BCUT2D eigenvalue weighted by atomic mass is 35.5. The number of rotatable bonds is 8. The maximum atomic E-state index is 12.5. The van der Waals surface area contributed by atoms with Crippen molar-refractivity contribution in [2.45, 2.75) is 11.7 Å². The largest absolute Gasteiger partial charge is 0.467 e. The van der Waals surface area contributed by atoms with Crippen LogP contribution in [0.4, 0.5) is 11.4 Å². The third kappa shape index (κ3) is 4.98.